The van der Waals surface area contributed by atoms with Crippen LogP contribution in [0.5, 0.6) is 0 Å². The average Bonchev–Trinajstić information content (AvgIpc) is 2.77. The van der Waals surface area contributed by atoms with Crippen LogP contribution in [-0.2, 0) is 10.3 Å². The molecule has 0 amide bonds. The summed E-state index contributed by atoms with van der Waals surface area (Å²) in [6.07, 6.45) is 0. The van der Waals surface area contributed by atoms with Gasteiger partial charge in [-0.2, -0.15) is 0 Å². The first kappa shape index (κ1) is 16.0. The maximum Gasteiger partial charge on any atom is 0.329 e. The van der Waals surface area contributed by atoms with E-state index in [1.54, 1.807) is 0 Å². The van der Waals surface area contributed by atoms with Gasteiger partial charge < -0.3 is 5.11 Å². The van der Waals surface area contributed by atoms with Crippen molar-refractivity contribution in [3.05, 3.63) is 35.9 Å². The maximum absolute atomic E-state index is 12.1. The van der Waals surface area contributed by atoms with Gasteiger partial charge >= 0.3 is 5.97 Å². The van der Waals surface area contributed by atoms with Crippen LogP contribution in [-0.4, -0.2) is 42.2 Å². The summed E-state index contributed by atoms with van der Waals surface area (Å²) in [5.41, 5.74) is -0.202. The van der Waals surface area contributed by atoms with E-state index >= 15 is 0 Å². The second-order valence-electron chi connectivity index (χ2n) is 6.26. The molecule has 3 atom stereocenters. The number of hydrogen-bond acceptors (Lipinski definition) is 3. The fraction of sp³-hybridized carbons (Fsp3) is 0.588. The average molecular weight is 290 g/mol. The molecular formula is C17H26N2O2. The number of carboxylic acids is 1. The number of aliphatic carboxylic acids is 1. The molecule has 21 heavy (non-hydrogen) atoms. The zero-order valence-electron chi connectivity index (χ0n) is 13.2. The van der Waals surface area contributed by atoms with Crippen LogP contribution in [0.1, 0.15) is 26.3 Å². The number of nitrogens with one attached hydrogen (secondary N) is 1. The Labute approximate surface area is 127 Å². The molecule has 0 aromatic heterocycles. The van der Waals surface area contributed by atoms with Gasteiger partial charge in [0.25, 0.3) is 0 Å². The first-order valence-electron chi connectivity index (χ1n) is 7.76. The van der Waals surface area contributed by atoms with E-state index < -0.39 is 11.5 Å². The molecule has 0 bridgehead atoms. The second-order valence-corrected chi connectivity index (χ2v) is 6.26. The van der Waals surface area contributed by atoms with E-state index in [2.05, 4.69) is 24.1 Å². The van der Waals surface area contributed by atoms with Crippen LogP contribution in [0.3, 0.4) is 0 Å². The smallest absolute Gasteiger partial charge is 0.329 e. The van der Waals surface area contributed by atoms with Crippen LogP contribution >= 0.6 is 0 Å². The third kappa shape index (κ3) is 3.27. The van der Waals surface area contributed by atoms with E-state index in [4.69, 9.17) is 0 Å². The van der Waals surface area contributed by atoms with E-state index in [-0.39, 0.29) is 0 Å². The molecule has 116 valence electrons. The SMILES string of the molecule is CCNC(CN1CC(C)C(C)C1)(C(=O)O)c1ccccc1. The van der Waals surface area contributed by atoms with Crippen molar-refractivity contribution in [2.24, 2.45) is 11.8 Å². The molecule has 0 saturated carbocycles. The van der Waals surface area contributed by atoms with Gasteiger partial charge in [-0.15, -0.1) is 0 Å². The van der Waals surface area contributed by atoms with Gasteiger partial charge in [0.1, 0.15) is 0 Å². The lowest BCUT2D eigenvalue weighted by Crippen LogP contribution is -2.56. The monoisotopic (exact) mass is 290 g/mol. The molecule has 1 aliphatic heterocycles. The lowest BCUT2D eigenvalue weighted by molar-refractivity contribution is -0.146. The third-order valence-corrected chi connectivity index (χ3v) is 4.63. The Morgan fingerprint density at radius 2 is 1.86 bits per heavy atom. The van der Waals surface area contributed by atoms with Crippen LogP contribution in [0.25, 0.3) is 0 Å². The molecule has 1 aromatic rings. The number of carboxylic acid groups (broad SMARTS) is 1. The van der Waals surface area contributed by atoms with Gasteiger partial charge in [0, 0.05) is 19.6 Å². The molecule has 1 aliphatic rings. The van der Waals surface area contributed by atoms with Crippen molar-refractivity contribution in [2.75, 3.05) is 26.2 Å². The Balaban J connectivity index is 2.30. The standard InChI is InChI=1S/C17H26N2O2/c1-4-18-17(16(20)21,15-8-6-5-7-9-15)12-19-10-13(2)14(3)11-19/h5-9,13-14,18H,4,10-12H2,1-3H3,(H,20,21). The summed E-state index contributed by atoms with van der Waals surface area (Å²) >= 11 is 0. The Morgan fingerprint density at radius 3 is 2.33 bits per heavy atom. The van der Waals surface area contributed by atoms with Gasteiger partial charge in [0.15, 0.2) is 5.54 Å². The lowest BCUT2D eigenvalue weighted by atomic mass is 9.89. The molecule has 4 nitrogen and oxygen atoms in total. The largest absolute Gasteiger partial charge is 0.480 e. The van der Waals surface area contributed by atoms with E-state index in [0.29, 0.717) is 24.9 Å². The number of nitrogens with zero attached hydrogens (tertiary/aromatic N) is 1. The van der Waals surface area contributed by atoms with E-state index in [1.807, 2.05) is 37.3 Å². The summed E-state index contributed by atoms with van der Waals surface area (Å²) in [6, 6.07) is 9.53. The molecule has 2 rings (SSSR count). The Hall–Kier alpha value is -1.39. The van der Waals surface area contributed by atoms with Crippen molar-refractivity contribution in [3.8, 4) is 0 Å². The molecule has 0 radical (unpaired) electrons. The molecule has 2 N–H and O–H groups in total. The quantitative estimate of drug-likeness (QED) is 0.843. The van der Waals surface area contributed by atoms with Crippen molar-refractivity contribution >= 4 is 5.97 Å². The minimum atomic E-state index is -1.03. The number of benzene rings is 1. The van der Waals surface area contributed by atoms with Gasteiger partial charge in [0.2, 0.25) is 0 Å². The van der Waals surface area contributed by atoms with Crippen LogP contribution in [0.15, 0.2) is 30.3 Å². The molecule has 1 saturated heterocycles. The number of likely N-dealkylation sites (tertiary alicyclic amines) is 1. The van der Waals surface area contributed by atoms with E-state index in [0.717, 1.165) is 18.7 Å². The molecule has 0 spiro atoms. The fourth-order valence-corrected chi connectivity index (χ4v) is 3.25. The van der Waals surface area contributed by atoms with Crippen LogP contribution < -0.4 is 5.32 Å². The molecule has 0 aliphatic carbocycles. The molecule has 1 fully saturated rings. The Kier molecular flexibility index (Phi) is 5.01. The number of carbonyl (C=O) groups is 1. The zero-order valence-corrected chi connectivity index (χ0v) is 13.2. The Bertz CT molecular complexity index is 467. The van der Waals surface area contributed by atoms with E-state index in [9.17, 15) is 9.90 Å². The lowest BCUT2D eigenvalue weighted by Gasteiger charge is -2.34. The van der Waals surface area contributed by atoms with Gasteiger partial charge in [-0.25, -0.2) is 4.79 Å². The summed E-state index contributed by atoms with van der Waals surface area (Å²) in [5.74, 6) is 0.436. The summed E-state index contributed by atoms with van der Waals surface area (Å²) in [7, 11) is 0. The fourth-order valence-electron chi connectivity index (χ4n) is 3.25. The zero-order chi connectivity index (χ0) is 15.5. The number of hydrogen-bond donors (Lipinski definition) is 2. The minimum absolute atomic E-state index is 0.509. The van der Waals surface area contributed by atoms with Crippen molar-refractivity contribution in [3.63, 3.8) is 0 Å². The molecule has 1 heterocycles. The van der Waals surface area contributed by atoms with E-state index in [1.165, 1.54) is 0 Å². The van der Waals surface area contributed by atoms with Gasteiger partial charge in [-0.3, -0.25) is 10.2 Å². The molecule has 1 aromatic carbocycles. The maximum atomic E-state index is 12.1. The highest BCUT2D eigenvalue weighted by Crippen LogP contribution is 2.28. The second kappa shape index (κ2) is 6.58. The highest BCUT2D eigenvalue weighted by molar-refractivity contribution is 5.81. The highest BCUT2D eigenvalue weighted by Gasteiger charge is 2.43. The normalized spacial score (nSPS) is 25.7. The summed E-state index contributed by atoms with van der Waals surface area (Å²) in [4.78, 5) is 14.4. The summed E-state index contributed by atoms with van der Waals surface area (Å²) in [6.45, 7) is 9.50. The first-order valence-corrected chi connectivity index (χ1v) is 7.76. The number of rotatable bonds is 6. The van der Waals surface area contributed by atoms with Crippen LogP contribution in [0.4, 0.5) is 0 Å². The van der Waals surface area contributed by atoms with Gasteiger partial charge in [0.05, 0.1) is 0 Å². The third-order valence-electron chi connectivity index (χ3n) is 4.63. The van der Waals surface area contributed by atoms with Crippen molar-refractivity contribution in [1.29, 1.82) is 0 Å². The van der Waals surface area contributed by atoms with Crippen LogP contribution in [0, 0.1) is 11.8 Å². The highest BCUT2D eigenvalue weighted by atomic mass is 16.4. The predicted molar refractivity (Wildman–Crippen MR) is 84.2 cm³/mol. The molecule has 3 unspecified atom stereocenters. The minimum Gasteiger partial charge on any atom is -0.480 e. The van der Waals surface area contributed by atoms with Gasteiger partial charge in [-0.1, -0.05) is 51.1 Å². The molecular weight excluding hydrogens is 264 g/mol. The summed E-state index contributed by atoms with van der Waals surface area (Å²) in [5, 5.41) is 13.1. The summed E-state index contributed by atoms with van der Waals surface area (Å²) < 4.78 is 0. The van der Waals surface area contributed by atoms with Crippen molar-refractivity contribution < 1.29 is 9.90 Å². The Morgan fingerprint density at radius 1 is 1.29 bits per heavy atom. The van der Waals surface area contributed by atoms with Crippen molar-refractivity contribution in [1.82, 2.24) is 10.2 Å². The van der Waals surface area contributed by atoms with Crippen LogP contribution in [0.2, 0.25) is 0 Å². The number of likely N-dealkylation sites (N-methyl/N-ethyl adjacent to an activating group) is 1. The molecule has 4 heteroatoms. The first-order chi connectivity index (χ1) is 9.99. The predicted octanol–water partition coefficient (Wildman–Crippen LogP) is 2.16. The van der Waals surface area contributed by atoms with Gasteiger partial charge in [-0.05, 0) is 23.9 Å². The topological polar surface area (TPSA) is 52.6 Å². The van der Waals surface area contributed by atoms with Crippen molar-refractivity contribution in [2.45, 2.75) is 26.3 Å².